The first-order chi connectivity index (χ1) is 17.6. The van der Waals surface area contributed by atoms with Crippen LogP contribution in [0, 0.1) is 0 Å². The van der Waals surface area contributed by atoms with Gasteiger partial charge in [-0.2, -0.15) is 4.31 Å². The summed E-state index contributed by atoms with van der Waals surface area (Å²) in [7, 11) is -3.97. The van der Waals surface area contributed by atoms with Crippen molar-refractivity contribution in [3.63, 3.8) is 0 Å². The summed E-state index contributed by atoms with van der Waals surface area (Å²) in [5.74, 6) is -0.495. The zero-order valence-electron chi connectivity index (χ0n) is 21.3. The molecule has 0 unspecified atom stereocenters. The van der Waals surface area contributed by atoms with Gasteiger partial charge in [-0.25, -0.2) is 8.42 Å². The lowest BCUT2D eigenvalue weighted by molar-refractivity contribution is -0.274. The number of hydrogen-bond acceptors (Lipinski definition) is 6. The van der Waals surface area contributed by atoms with E-state index in [4.69, 9.17) is 4.74 Å². The van der Waals surface area contributed by atoms with Gasteiger partial charge in [0.25, 0.3) is 0 Å². The van der Waals surface area contributed by atoms with Crippen molar-refractivity contribution in [2.24, 2.45) is 0 Å². The Morgan fingerprint density at radius 1 is 1.00 bits per heavy atom. The maximum atomic E-state index is 13.6. The molecular formula is C26H35F3N2O5S. The standard InChI is InChI=1S/C26H35F3N2O5S/c1-3-5-12-30(13-6-4-2)23-18-24(35-21-10-9-11-22(17-21)36-26(27,28)29)25(16-20(23)19-32)37(33,34)31-14-7-8-15-31/h9-11,16-18,32H,3-8,12-15,19H2,1-2H3. The van der Waals surface area contributed by atoms with Gasteiger partial charge in [0.15, 0.2) is 0 Å². The first-order valence-corrected chi connectivity index (χ1v) is 14.1. The molecule has 0 atom stereocenters. The zero-order valence-corrected chi connectivity index (χ0v) is 22.1. The molecule has 0 bridgehead atoms. The van der Waals surface area contributed by atoms with Crippen LogP contribution >= 0.6 is 0 Å². The number of aliphatic hydroxyl groups is 1. The first kappa shape index (κ1) is 29.1. The van der Waals surface area contributed by atoms with Crippen LogP contribution in [0.25, 0.3) is 0 Å². The number of rotatable bonds is 13. The molecule has 1 saturated heterocycles. The number of anilines is 1. The van der Waals surface area contributed by atoms with E-state index in [9.17, 15) is 26.7 Å². The molecule has 3 rings (SSSR count). The minimum absolute atomic E-state index is 0.00372. The maximum absolute atomic E-state index is 13.6. The van der Waals surface area contributed by atoms with Crippen LogP contribution in [-0.2, 0) is 16.6 Å². The van der Waals surface area contributed by atoms with Crippen molar-refractivity contribution in [3.8, 4) is 17.2 Å². The zero-order chi connectivity index (χ0) is 27.1. The van der Waals surface area contributed by atoms with E-state index in [1.54, 1.807) is 6.07 Å². The highest BCUT2D eigenvalue weighted by atomic mass is 32.2. The van der Waals surface area contributed by atoms with Crippen LogP contribution in [0.5, 0.6) is 17.2 Å². The molecule has 1 fully saturated rings. The Labute approximate surface area is 216 Å². The molecule has 0 saturated carbocycles. The van der Waals surface area contributed by atoms with E-state index in [1.165, 1.54) is 22.5 Å². The molecule has 7 nitrogen and oxygen atoms in total. The second kappa shape index (κ2) is 12.8. The van der Waals surface area contributed by atoms with Crippen molar-refractivity contribution >= 4 is 15.7 Å². The Kier molecular flexibility index (Phi) is 10.1. The lowest BCUT2D eigenvalue weighted by atomic mass is 10.1. The second-order valence-corrected chi connectivity index (χ2v) is 10.9. The number of aliphatic hydroxyl groups excluding tert-OH is 1. The highest BCUT2D eigenvalue weighted by molar-refractivity contribution is 7.89. The summed E-state index contributed by atoms with van der Waals surface area (Å²) < 4.78 is 76.7. The van der Waals surface area contributed by atoms with Gasteiger partial charge in [-0.3, -0.25) is 0 Å². The topological polar surface area (TPSA) is 79.3 Å². The lowest BCUT2D eigenvalue weighted by Gasteiger charge is -2.28. The molecular weight excluding hydrogens is 509 g/mol. The molecule has 0 amide bonds. The molecule has 206 valence electrons. The van der Waals surface area contributed by atoms with Gasteiger partial charge in [0.05, 0.1) is 6.61 Å². The SMILES string of the molecule is CCCCN(CCCC)c1cc(Oc2cccc(OC(F)(F)F)c2)c(S(=O)(=O)N2CCCC2)cc1CO. The number of benzene rings is 2. The summed E-state index contributed by atoms with van der Waals surface area (Å²) in [5, 5.41) is 10.2. The van der Waals surface area contributed by atoms with Gasteiger partial charge >= 0.3 is 6.36 Å². The molecule has 2 aromatic carbocycles. The van der Waals surface area contributed by atoms with Crippen molar-refractivity contribution in [2.75, 3.05) is 31.1 Å². The van der Waals surface area contributed by atoms with E-state index in [2.05, 4.69) is 23.5 Å². The molecule has 2 aromatic rings. The second-order valence-electron chi connectivity index (χ2n) is 9.02. The monoisotopic (exact) mass is 544 g/mol. The summed E-state index contributed by atoms with van der Waals surface area (Å²) in [6, 6.07) is 7.98. The van der Waals surface area contributed by atoms with Gasteiger partial charge in [0, 0.05) is 49.6 Å². The van der Waals surface area contributed by atoms with E-state index < -0.39 is 22.1 Å². The first-order valence-electron chi connectivity index (χ1n) is 12.7. The van der Waals surface area contributed by atoms with Crippen LogP contribution < -0.4 is 14.4 Å². The smallest absolute Gasteiger partial charge is 0.456 e. The van der Waals surface area contributed by atoms with Crippen LogP contribution in [-0.4, -0.2) is 50.4 Å². The van der Waals surface area contributed by atoms with Crippen molar-refractivity contribution < 1.29 is 36.2 Å². The number of halogens is 3. The predicted octanol–water partition coefficient (Wildman–Crippen LogP) is 6.06. The molecule has 11 heteroatoms. The number of ether oxygens (including phenoxy) is 2. The van der Waals surface area contributed by atoms with E-state index in [0.717, 1.165) is 50.7 Å². The van der Waals surface area contributed by atoms with Crippen LogP contribution in [0.3, 0.4) is 0 Å². The van der Waals surface area contributed by atoms with Crippen LogP contribution in [0.1, 0.15) is 57.9 Å². The molecule has 1 aliphatic rings. The summed E-state index contributed by atoms with van der Waals surface area (Å²) in [5.41, 5.74) is 1.09. The van der Waals surface area contributed by atoms with E-state index in [1.807, 2.05) is 0 Å². The van der Waals surface area contributed by atoms with Gasteiger partial charge in [-0.1, -0.05) is 32.8 Å². The van der Waals surface area contributed by atoms with Crippen LogP contribution in [0.2, 0.25) is 0 Å². The number of hydrogen-bond donors (Lipinski definition) is 1. The third-order valence-electron chi connectivity index (χ3n) is 6.17. The fourth-order valence-electron chi connectivity index (χ4n) is 4.27. The number of nitrogens with zero attached hydrogens (tertiary/aromatic N) is 2. The van der Waals surface area contributed by atoms with Gasteiger partial charge in [-0.15, -0.1) is 13.2 Å². The van der Waals surface area contributed by atoms with E-state index in [0.29, 0.717) is 37.4 Å². The molecule has 0 radical (unpaired) electrons. The van der Waals surface area contributed by atoms with Crippen LogP contribution in [0.4, 0.5) is 18.9 Å². The molecule has 0 aliphatic carbocycles. The largest absolute Gasteiger partial charge is 0.573 e. The van der Waals surface area contributed by atoms with Gasteiger partial charge in [-0.05, 0) is 43.9 Å². The average molecular weight is 545 g/mol. The highest BCUT2D eigenvalue weighted by Gasteiger charge is 2.33. The Morgan fingerprint density at radius 3 is 2.19 bits per heavy atom. The molecule has 1 heterocycles. The average Bonchev–Trinajstić information content (AvgIpc) is 3.39. The Bertz CT molecular complexity index is 1130. The lowest BCUT2D eigenvalue weighted by Crippen LogP contribution is -2.29. The Balaban J connectivity index is 2.11. The van der Waals surface area contributed by atoms with Gasteiger partial charge < -0.3 is 19.5 Å². The van der Waals surface area contributed by atoms with Crippen molar-refractivity contribution in [1.82, 2.24) is 4.31 Å². The molecule has 0 aromatic heterocycles. The van der Waals surface area contributed by atoms with Crippen molar-refractivity contribution in [2.45, 2.75) is 70.2 Å². The minimum Gasteiger partial charge on any atom is -0.456 e. The molecule has 1 N–H and O–H groups in total. The third kappa shape index (κ3) is 7.75. The van der Waals surface area contributed by atoms with Crippen LogP contribution in [0.15, 0.2) is 41.3 Å². The Hall–Kier alpha value is -2.50. The number of unbranched alkanes of at least 4 members (excludes halogenated alkanes) is 2. The molecule has 0 spiro atoms. The maximum Gasteiger partial charge on any atom is 0.573 e. The third-order valence-corrected chi connectivity index (χ3v) is 8.09. The summed E-state index contributed by atoms with van der Waals surface area (Å²) in [4.78, 5) is 1.97. The number of alkyl halides is 3. The minimum atomic E-state index is -4.88. The van der Waals surface area contributed by atoms with E-state index in [-0.39, 0.29) is 23.0 Å². The van der Waals surface area contributed by atoms with Crippen molar-refractivity contribution in [3.05, 3.63) is 42.0 Å². The van der Waals surface area contributed by atoms with Gasteiger partial charge in [0.2, 0.25) is 10.0 Å². The predicted molar refractivity (Wildman–Crippen MR) is 136 cm³/mol. The normalized spacial score (nSPS) is 14.6. The fourth-order valence-corrected chi connectivity index (χ4v) is 5.94. The quantitative estimate of drug-likeness (QED) is 0.330. The summed E-state index contributed by atoms with van der Waals surface area (Å²) >= 11 is 0. The molecule has 37 heavy (non-hydrogen) atoms. The van der Waals surface area contributed by atoms with Crippen molar-refractivity contribution in [1.29, 1.82) is 0 Å². The van der Waals surface area contributed by atoms with E-state index >= 15 is 0 Å². The molecule has 1 aliphatic heterocycles. The van der Waals surface area contributed by atoms with Gasteiger partial charge in [0.1, 0.15) is 22.1 Å². The fraction of sp³-hybridized carbons (Fsp3) is 0.538. The Morgan fingerprint density at radius 2 is 1.62 bits per heavy atom. The number of sulfonamides is 1. The summed E-state index contributed by atoms with van der Waals surface area (Å²) in [6.07, 6.45) is 0.294. The highest BCUT2D eigenvalue weighted by Crippen LogP contribution is 2.39. The summed E-state index contributed by atoms with van der Waals surface area (Å²) in [6.45, 7) is 5.91.